The van der Waals surface area contributed by atoms with Crippen LogP contribution in [0.25, 0.3) is 11.3 Å². The smallest absolute Gasteiger partial charge is 0.157 e. The second-order valence-electron chi connectivity index (χ2n) is 3.90. The summed E-state index contributed by atoms with van der Waals surface area (Å²) in [4.78, 5) is 8.56. The molecule has 0 aliphatic rings. The number of ether oxygens (including phenoxy) is 1. The van der Waals surface area contributed by atoms with Crippen LogP contribution in [-0.2, 0) is 11.3 Å². The summed E-state index contributed by atoms with van der Waals surface area (Å²) in [5.41, 5.74) is 1.19. The van der Waals surface area contributed by atoms with Crippen molar-refractivity contribution in [2.45, 2.75) is 6.61 Å². The Labute approximate surface area is 115 Å². The van der Waals surface area contributed by atoms with E-state index in [4.69, 9.17) is 16.3 Å². The Hall–Kier alpha value is -1.72. The third-order valence-electron chi connectivity index (χ3n) is 2.46. The minimum atomic E-state index is -0.402. The Balaban J connectivity index is 2.50. The molecule has 0 unspecified atom stereocenters. The Morgan fingerprint density at radius 2 is 2.05 bits per heavy atom. The third-order valence-corrected chi connectivity index (χ3v) is 2.68. The number of methoxy groups -OCH3 is 1. The molecule has 0 radical (unpaired) electrons. The summed E-state index contributed by atoms with van der Waals surface area (Å²) >= 11 is 5.85. The van der Waals surface area contributed by atoms with Crippen molar-refractivity contribution in [2.24, 2.45) is 0 Å². The van der Waals surface area contributed by atoms with E-state index in [2.05, 4.69) is 15.3 Å². The molecular formula is C13H13ClFN3O. The highest BCUT2D eigenvalue weighted by Crippen LogP contribution is 2.24. The van der Waals surface area contributed by atoms with Gasteiger partial charge in [-0.3, -0.25) is 0 Å². The lowest BCUT2D eigenvalue weighted by molar-refractivity contribution is 0.178. The predicted octanol–water partition coefficient (Wildman–Crippen LogP) is 3.12. The van der Waals surface area contributed by atoms with Gasteiger partial charge in [0.1, 0.15) is 18.2 Å². The van der Waals surface area contributed by atoms with Crippen LogP contribution in [0.5, 0.6) is 0 Å². The van der Waals surface area contributed by atoms with Crippen molar-refractivity contribution in [3.05, 3.63) is 40.9 Å². The van der Waals surface area contributed by atoms with Gasteiger partial charge in [-0.05, 0) is 18.2 Å². The molecule has 0 saturated carbocycles. The lowest BCUT2D eigenvalue weighted by Gasteiger charge is -2.08. The van der Waals surface area contributed by atoms with Crippen molar-refractivity contribution in [1.29, 1.82) is 0 Å². The summed E-state index contributed by atoms with van der Waals surface area (Å²) in [5, 5.41) is 3.26. The lowest BCUT2D eigenvalue weighted by atomic mass is 10.1. The maximum Gasteiger partial charge on any atom is 0.157 e. The molecule has 0 bridgehead atoms. The second kappa shape index (κ2) is 5.95. The van der Waals surface area contributed by atoms with Crippen LogP contribution in [0.4, 0.5) is 10.2 Å². The van der Waals surface area contributed by atoms with Crippen LogP contribution in [0.1, 0.15) is 5.82 Å². The fraction of sp³-hybridized carbons (Fsp3) is 0.231. The SMILES string of the molecule is CNc1cc(-c2cc(F)cc(Cl)c2)nc(COC)n1. The summed E-state index contributed by atoms with van der Waals surface area (Å²) in [5.74, 6) is 0.752. The average Bonchev–Trinajstić information content (AvgIpc) is 2.37. The largest absolute Gasteiger partial charge is 0.377 e. The number of nitrogens with zero attached hydrogens (tertiary/aromatic N) is 2. The van der Waals surface area contributed by atoms with Gasteiger partial charge in [0.2, 0.25) is 0 Å². The zero-order valence-electron chi connectivity index (χ0n) is 10.6. The zero-order chi connectivity index (χ0) is 13.8. The monoisotopic (exact) mass is 281 g/mol. The number of benzene rings is 1. The van der Waals surface area contributed by atoms with Gasteiger partial charge in [0.25, 0.3) is 0 Å². The molecule has 0 aliphatic heterocycles. The molecule has 4 nitrogen and oxygen atoms in total. The number of hydrogen-bond donors (Lipinski definition) is 1. The fourth-order valence-electron chi connectivity index (χ4n) is 1.67. The predicted molar refractivity (Wildman–Crippen MR) is 72.7 cm³/mol. The first-order chi connectivity index (χ1) is 9.12. The molecule has 0 saturated heterocycles. The Kier molecular flexibility index (Phi) is 4.29. The van der Waals surface area contributed by atoms with Crippen molar-refractivity contribution in [1.82, 2.24) is 9.97 Å². The maximum atomic E-state index is 13.4. The van der Waals surface area contributed by atoms with Crippen molar-refractivity contribution >= 4 is 17.4 Å². The van der Waals surface area contributed by atoms with E-state index in [0.29, 0.717) is 27.9 Å². The van der Waals surface area contributed by atoms with Crippen molar-refractivity contribution < 1.29 is 9.13 Å². The first-order valence-electron chi connectivity index (χ1n) is 5.63. The van der Waals surface area contributed by atoms with Gasteiger partial charge < -0.3 is 10.1 Å². The molecule has 19 heavy (non-hydrogen) atoms. The number of anilines is 1. The molecule has 0 atom stereocenters. The van der Waals surface area contributed by atoms with Gasteiger partial charge in [-0.25, -0.2) is 14.4 Å². The minimum absolute atomic E-state index is 0.283. The highest BCUT2D eigenvalue weighted by molar-refractivity contribution is 6.30. The van der Waals surface area contributed by atoms with Gasteiger partial charge in [0.05, 0.1) is 5.69 Å². The van der Waals surface area contributed by atoms with Gasteiger partial charge in [-0.1, -0.05) is 11.6 Å². The molecule has 2 aromatic rings. The van der Waals surface area contributed by atoms with Crippen LogP contribution in [0, 0.1) is 5.82 Å². The van der Waals surface area contributed by atoms with E-state index in [-0.39, 0.29) is 6.61 Å². The topological polar surface area (TPSA) is 47.0 Å². The molecule has 1 N–H and O–H groups in total. The van der Waals surface area contributed by atoms with Crippen LogP contribution in [0.3, 0.4) is 0 Å². The normalized spacial score (nSPS) is 10.5. The van der Waals surface area contributed by atoms with E-state index in [1.807, 2.05) is 0 Å². The summed E-state index contributed by atoms with van der Waals surface area (Å²) in [6, 6.07) is 6.01. The highest BCUT2D eigenvalue weighted by atomic mass is 35.5. The molecule has 6 heteroatoms. The second-order valence-corrected chi connectivity index (χ2v) is 4.33. The Bertz CT molecular complexity index is 572. The van der Waals surface area contributed by atoms with Crippen molar-refractivity contribution in [3.63, 3.8) is 0 Å². The molecule has 100 valence electrons. The molecule has 0 amide bonds. The van der Waals surface area contributed by atoms with Gasteiger partial charge in [0, 0.05) is 30.8 Å². The van der Waals surface area contributed by atoms with E-state index in [1.54, 1.807) is 26.3 Å². The number of nitrogens with one attached hydrogen (secondary N) is 1. The van der Waals surface area contributed by atoms with Crippen LogP contribution in [-0.4, -0.2) is 24.1 Å². The lowest BCUT2D eigenvalue weighted by Crippen LogP contribution is -2.02. The van der Waals surface area contributed by atoms with Gasteiger partial charge in [0.15, 0.2) is 5.82 Å². The molecule has 1 aromatic heterocycles. The molecule has 1 heterocycles. The Morgan fingerprint density at radius 3 is 2.68 bits per heavy atom. The molecule has 2 rings (SSSR count). The number of rotatable bonds is 4. The number of halogens is 2. The van der Waals surface area contributed by atoms with Crippen LogP contribution in [0.15, 0.2) is 24.3 Å². The summed E-state index contributed by atoms with van der Waals surface area (Å²) in [6.45, 7) is 0.283. The van der Waals surface area contributed by atoms with Crippen molar-refractivity contribution in [2.75, 3.05) is 19.5 Å². The molecule has 0 spiro atoms. The zero-order valence-corrected chi connectivity index (χ0v) is 11.3. The first-order valence-corrected chi connectivity index (χ1v) is 6.01. The van der Waals surface area contributed by atoms with Gasteiger partial charge >= 0.3 is 0 Å². The summed E-state index contributed by atoms with van der Waals surface area (Å²) in [6.07, 6.45) is 0. The highest BCUT2D eigenvalue weighted by Gasteiger charge is 2.08. The molecule has 0 fully saturated rings. The van der Waals surface area contributed by atoms with E-state index in [1.165, 1.54) is 12.1 Å². The minimum Gasteiger partial charge on any atom is -0.377 e. The molecular weight excluding hydrogens is 269 g/mol. The maximum absolute atomic E-state index is 13.4. The molecule has 1 aromatic carbocycles. The van der Waals surface area contributed by atoms with E-state index >= 15 is 0 Å². The number of hydrogen-bond acceptors (Lipinski definition) is 4. The molecule has 0 aliphatic carbocycles. The van der Waals surface area contributed by atoms with E-state index < -0.39 is 5.82 Å². The van der Waals surface area contributed by atoms with E-state index in [0.717, 1.165) is 0 Å². The van der Waals surface area contributed by atoms with Crippen LogP contribution >= 0.6 is 11.6 Å². The van der Waals surface area contributed by atoms with Gasteiger partial charge in [-0.2, -0.15) is 0 Å². The fourth-order valence-corrected chi connectivity index (χ4v) is 1.89. The number of aromatic nitrogens is 2. The third kappa shape index (κ3) is 3.39. The van der Waals surface area contributed by atoms with Crippen LogP contribution in [0.2, 0.25) is 5.02 Å². The summed E-state index contributed by atoms with van der Waals surface area (Å²) in [7, 11) is 3.31. The average molecular weight is 282 g/mol. The van der Waals surface area contributed by atoms with Gasteiger partial charge in [-0.15, -0.1) is 0 Å². The van der Waals surface area contributed by atoms with Crippen LogP contribution < -0.4 is 5.32 Å². The van der Waals surface area contributed by atoms with Crippen molar-refractivity contribution in [3.8, 4) is 11.3 Å². The van der Waals surface area contributed by atoms with E-state index in [9.17, 15) is 4.39 Å². The quantitative estimate of drug-likeness (QED) is 0.935. The Morgan fingerprint density at radius 1 is 1.26 bits per heavy atom. The summed E-state index contributed by atoms with van der Waals surface area (Å²) < 4.78 is 18.4. The first kappa shape index (κ1) is 13.7. The standard InChI is InChI=1S/C13H13ClFN3O/c1-16-12-6-11(17-13(18-12)7-19-2)8-3-9(14)5-10(15)4-8/h3-6H,7H2,1-2H3,(H,16,17,18).